The van der Waals surface area contributed by atoms with Gasteiger partial charge >= 0.3 is 0 Å². The molecule has 0 aliphatic heterocycles. The van der Waals surface area contributed by atoms with E-state index in [0.717, 1.165) is 11.3 Å². The summed E-state index contributed by atoms with van der Waals surface area (Å²) in [6.07, 6.45) is 1.31. The van der Waals surface area contributed by atoms with E-state index >= 15 is 0 Å². The van der Waals surface area contributed by atoms with Crippen LogP contribution in [0.5, 0.6) is 5.75 Å². The first-order chi connectivity index (χ1) is 14.8. The van der Waals surface area contributed by atoms with Gasteiger partial charge in [-0.05, 0) is 56.5 Å². The second-order valence-corrected chi connectivity index (χ2v) is 8.45. The van der Waals surface area contributed by atoms with Gasteiger partial charge in [0.1, 0.15) is 11.8 Å². The maximum Gasteiger partial charge on any atom is 0.243 e. The van der Waals surface area contributed by atoms with Gasteiger partial charge in [0.2, 0.25) is 11.8 Å². The van der Waals surface area contributed by atoms with Crippen molar-refractivity contribution in [3.05, 3.63) is 64.1 Å². The number of carbonyl (C=O) groups is 2. The Labute approximate surface area is 194 Å². The minimum atomic E-state index is -0.586. The number of amides is 2. The lowest BCUT2D eigenvalue weighted by Crippen LogP contribution is -2.50. The maximum absolute atomic E-state index is 13.1. The Morgan fingerprint density at radius 1 is 1.10 bits per heavy atom. The van der Waals surface area contributed by atoms with Gasteiger partial charge in [-0.25, -0.2) is 0 Å². The van der Waals surface area contributed by atoms with E-state index in [4.69, 9.17) is 27.9 Å². The summed E-state index contributed by atoms with van der Waals surface area (Å²) in [4.78, 5) is 27.5. The lowest BCUT2D eigenvalue weighted by atomic mass is 10.1. The highest BCUT2D eigenvalue weighted by Gasteiger charge is 2.29. The van der Waals surface area contributed by atoms with Gasteiger partial charge in [0.05, 0.1) is 6.61 Å². The third-order valence-electron chi connectivity index (χ3n) is 4.72. The number of hydrogen-bond donors (Lipinski definition) is 1. The van der Waals surface area contributed by atoms with Gasteiger partial charge in [-0.1, -0.05) is 54.4 Å². The molecule has 2 amide bonds. The van der Waals surface area contributed by atoms with Crippen LogP contribution in [0, 0.1) is 0 Å². The molecule has 0 saturated heterocycles. The molecular formula is C24H30Cl2N2O3. The van der Waals surface area contributed by atoms with E-state index in [1.165, 1.54) is 0 Å². The quantitative estimate of drug-likeness (QED) is 0.447. The Morgan fingerprint density at radius 3 is 2.42 bits per heavy atom. The van der Waals surface area contributed by atoms with E-state index in [1.807, 2.05) is 51.1 Å². The minimum Gasteiger partial charge on any atom is -0.494 e. The fourth-order valence-electron chi connectivity index (χ4n) is 3.21. The monoisotopic (exact) mass is 464 g/mol. The normalized spacial score (nSPS) is 11.8. The number of nitrogens with zero attached hydrogens (tertiary/aromatic N) is 1. The fraction of sp³-hybridized carbons (Fsp3) is 0.417. The van der Waals surface area contributed by atoms with Crippen LogP contribution in [0.4, 0.5) is 0 Å². The maximum atomic E-state index is 13.1. The number of halogens is 2. The number of hydrogen-bond acceptors (Lipinski definition) is 3. The van der Waals surface area contributed by atoms with Gasteiger partial charge in [0, 0.05) is 29.1 Å². The summed E-state index contributed by atoms with van der Waals surface area (Å²) < 4.78 is 5.69. The standard InChI is InChI=1S/C24H30Cl2N2O3/c1-4-22(24(30)27-17(2)3)28(16-18-12-13-19(25)15-21(18)26)23(29)11-8-14-31-20-9-6-5-7-10-20/h5-7,9-10,12-13,15,17,22H,4,8,11,14,16H2,1-3H3,(H,27,30)/t22-/m1/s1. The van der Waals surface area contributed by atoms with E-state index < -0.39 is 6.04 Å². The average molecular weight is 465 g/mol. The molecule has 5 nitrogen and oxygen atoms in total. The first-order valence-corrected chi connectivity index (χ1v) is 11.3. The highest BCUT2D eigenvalue weighted by Crippen LogP contribution is 2.24. The van der Waals surface area contributed by atoms with Crippen molar-refractivity contribution in [2.45, 2.75) is 58.7 Å². The van der Waals surface area contributed by atoms with Crippen molar-refractivity contribution in [2.24, 2.45) is 0 Å². The molecule has 0 spiro atoms. The molecule has 31 heavy (non-hydrogen) atoms. The minimum absolute atomic E-state index is 0.0168. The smallest absolute Gasteiger partial charge is 0.243 e. The Hall–Kier alpha value is -2.24. The van der Waals surface area contributed by atoms with Crippen LogP contribution in [0.3, 0.4) is 0 Å². The Bertz CT molecular complexity index is 859. The first kappa shape index (κ1) is 25.0. The molecule has 0 saturated carbocycles. The third kappa shape index (κ3) is 8.08. The van der Waals surface area contributed by atoms with Gasteiger partial charge in [-0.2, -0.15) is 0 Å². The molecule has 0 unspecified atom stereocenters. The SMILES string of the molecule is CC[C@H](C(=O)NC(C)C)N(Cc1ccc(Cl)cc1Cl)C(=O)CCCOc1ccccc1. The fourth-order valence-corrected chi connectivity index (χ4v) is 3.68. The van der Waals surface area contributed by atoms with Crippen molar-refractivity contribution >= 4 is 35.0 Å². The summed E-state index contributed by atoms with van der Waals surface area (Å²) >= 11 is 12.3. The molecule has 2 aromatic carbocycles. The largest absolute Gasteiger partial charge is 0.494 e. The average Bonchev–Trinajstić information content (AvgIpc) is 2.72. The second kappa shape index (κ2) is 12.6. The van der Waals surface area contributed by atoms with Crippen LogP contribution in [-0.4, -0.2) is 35.4 Å². The molecule has 0 heterocycles. The summed E-state index contributed by atoms with van der Waals surface area (Å²) in [6.45, 7) is 6.34. The molecule has 0 radical (unpaired) electrons. The second-order valence-electron chi connectivity index (χ2n) is 7.61. The van der Waals surface area contributed by atoms with E-state index in [-0.39, 0.29) is 30.8 Å². The van der Waals surface area contributed by atoms with Gasteiger partial charge in [0.25, 0.3) is 0 Å². The molecule has 0 aliphatic rings. The zero-order chi connectivity index (χ0) is 22.8. The molecule has 0 aliphatic carbocycles. The van der Waals surface area contributed by atoms with Crippen molar-refractivity contribution in [3.8, 4) is 5.75 Å². The third-order valence-corrected chi connectivity index (χ3v) is 5.31. The summed E-state index contributed by atoms with van der Waals surface area (Å²) in [5.41, 5.74) is 0.746. The van der Waals surface area contributed by atoms with Gasteiger partial charge in [0.15, 0.2) is 0 Å². The zero-order valence-corrected chi connectivity index (χ0v) is 19.7. The van der Waals surface area contributed by atoms with Crippen molar-refractivity contribution in [2.75, 3.05) is 6.61 Å². The Morgan fingerprint density at radius 2 is 1.81 bits per heavy atom. The van der Waals surface area contributed by atoms with Gasteiger partial charge in [-0.3, -0.25) is 9.59 Å². The highest BCUT2D eigenvalue weighted by molar-refractivity contribution is 6.35. The van der Waals surface area contributed by atoms with Crippen LogP contribution in [0.2, 0.25) is 10.0 Å². The topological polar surface area (TPSA) is 58.6 Å². The number of benzene rings is 2. The molecule has 0 aromatic heterocycles. The first-order valence-electron chi connectivity index (χ1n) is 10.5. The number of rotatable bonds is 11. The zero-order valence-electron chi connectivity index (χ0n) is 18.2. The van der Waals surface area contributed by atoms with E-state index in [0.29, 0.717) is 29.5 Å². The molecule has 0 fully saturated rings. The lowest BCUT2D eigenvalue weighted by Gasteiger charge is -2.31. The van der Waals surface area contributed by atoms with Crippen molar-refractivity contribution < 1.29 is 14.3 Å². The Balaban J connectivity index is 2.10. The number of ether oxygens (including phenoxy) is 1. The van der Waals surface area contributed by atoms with Crippen molar-refractivity contribution in [1.82, 2.24) is 10.2 Å². The van der Waals surface area contributed by atoms with Crippen molar-refractivity contribution in [3.63, 3.8) is 0 Å². The molecule has 2 aromatic rings. The Kier molecular flexibility index (Phi) is 10.2. The van der Waals surface area contributed by atoms with Gasteiger partial charge < -0.3 is 15.0 Å². The molecule has 168 valence electrons. The molecular weight excluding hydrogens is 435 g/mol. The van der Waals surface area contributed by atoms with Crippen LogP contribution in [0.1, 0.15) is 45.6 Å². The van der Waals surface area contributed by atoms with Crippen LogP contribution in [-0.2, 0) is 16.1 Å². The highest BCUT2D eigenvalue weighted by atomic mass is 35.5. The predicted octanol–water partition coefficient (Wildman–Crippen LogP) is 5.48. The summed E-state index contributed by atoms with van der Waals surface area (Å²) in [6, 6.07) is 14.0. The molecule has 1 N–H and O–H groups in total. The number of carbonyl (C=O) groups excluding carboxylic acids is 2. The molecule has 2 rings (SSSR count). The summed E-state index contributed by atoms with van der Waals surface area (Å²) in [5.74, 6) is 0.479. The van der Waals surface area contributed by atoms with Crippen LogP contribution >= 0.6 is 23.2 Å². The molecule has 1 atom stereocenters. The predicted molar refractivity (Wildman–Crippen MR) is 126 cm³/mol. The summed E-state index contributed by atoms with van der Waals surface area (Å²) in [7, 11) is 0. The molecule has 0 bridgehead atoms. The number of nitrogens with one attached hydrogen (secondary N) is 1. The van der Waals surface area contributed by atoms with E-state index in [1.54, 1.807) is 23.1 Å². The van der Waals surface area contributed by atoms with Crippen LogP contribution < -0.4 is 10.1 Å². The summed E-state index contributed by atoms with van der Waals surface area (Å²) in [5, 5.41) is 3.91. The van der Waals surface area contributed by atoms with Crippen LogP contribution in [0.15, 0.2) is 48.5 Å². The van der Waals surface area contributed by atoms with Crippen LogP contribution in [0.25, 0.3) is 0 Å². The van der Waals surface area contributed by atoms with Gasteiger partial charge in [-0.15, -0.1) is 0 Å². The van der Waals surface area contributed by atoms with Crippen molar-refractivity contribution in [1.29, 1.82) is 0 Å². The van der Waals surface area contributed by atoms with E-state index in [9.17, 15) is 9.59 Å². The lowest BCUT2D eigenvalue weighted by molar-refractivity contribution is -0.141. The van der Waals surface area contributed by atoms with E-state index in [2.05, 4.69) is 5.32 Å². The molecule has 7 heteroatoms. The number of para-hydroxylation sites is 1.